The molecule has 0 amide bonds. The summed E-state index contributed by atoms with van der Waals surface area (Å²) in [7, 11) is 9.97. The second kappa shape index (κ2) is 11.5. The van der Waals surface area contributed by atoms with E-state index < -0.39 is 0 Å². The van der Waals surface area contributed by atoms with Gasteiger partial charge in [0.2, 0.25) is 0 Å². The lowest BCUT2D eigenvalue weighted by atomic mass is 10.1. The fourth-order valence-corrected chi connectivity index (χ4v) is 2.04. The highest BCUT2D eigenvalue weighted by molar-refractivity contribution is 8.06. The van der Waals surface area contributed by atoms with Gasteiger partial charge in [0.1, 0.15) is 5.84 Å². The predicted octanol–water partition coefficient (Wildman–Crippen LogP) is 4.34. The van der Waals surface area contributed by atoms with E-state index in [1.165, 1.54) is 11.8 Å². The van der Waals surface area contributed by atoms with Crippen LogP contribution in [0.15, 0.2) is 52.7 Å². The van der Waals surface area contributed by atoms with Crippen molar-refractivity contribution in [3.05, 3.63) is 53.3 Å². The number of amidine groups is 1. The number of hydrogen-bond donors (Lipinski definition) is 1. The van der Waals surface area contributed by atoms with Crippen LogP contribution >= 0.6 is 11.8 Å². The molecule has 0 saturated heterocycles. The molecule has 1 aromatic carbocycles. The van der Waals surface area contributed by atoms with Gasteiger partial charge in [-0.1, -0.05) is 43.1 Å². The van der Waals surface area contributed by atoms with Crippen molar-refractivity contribution in [2.45, 2.75) is 6.92 Å². The summed E-state index contributed by atoms with van der Waals surface area (Å²) in [5, 5.41) is 1.93. The molecule has 0 radical (unpaired) electrons. The summed E-state index contributed by atoms with van der Waals surface area (Å²) in [4.78, 5) is 9.17. The minimum Gasteiger partial charge on any atom is -0.383 e. The Hall–Kier alpha value is -1.98. The van der Waals surface area contributed by atoms with E-state index in [1.54, 1.807) is 0 Å². The molecule has 0 aliphatic heterocycles. The number of allylic oxidation sites excluding steroid dienone is 1. The number of benzene rings is 1. The highest BCUT2D eigenvalue weighted by atomic mass is 32.2. The number of thioether (sulfide) groups is 1. The Labute approximate surface area is 151 Å². The number of anilines is 1. The fraction of sp³-hybridized carbons (Fsp3) is 0.316. The Bertz CT molecular complexity index is 599. The van der Waals surface area contributed by atoms with Crippen molar-refractivity contribution in [2.24, 2.45) is 10.7 Å². The van der Waals surface area contributed by atoms with Gasteiger partial charge < -0.3 is 15.5 Å². The lowest BCUT2D eigenvalue weighted by Gasteiger charge is -2.16. The summed E-state index contributed by atoms with van der Waals surface area (Å²) in [6, 6.07) is 5.89. The third kappa shape index (κ3) is 8.60. The molecule has 5 heteroatoms. The van der Waals surface area contributed by atoms with Crippen LogP contribution in [0, 0.1) is 0 Å². The maximum atomic E-state index is 5.95. The highest BCUT2D eigenvalue weighted by Crippen LogP contribution is 2.27. The molecule has 0 atom stereocenters. The number of nitrogens with two attached hydrogens (primary N) is 1. The van der Waals surface area contributed by atoms with Crippen LogP contribution < -0.4 is 10.6 Å². The first-order valence-electron chi connectivity index (χ1n) is 7.58. The molecule has 0 aromatic heterocycles. The van der Waals surface area contributed by atoms with Gasteiger partial charge in [0.15, 0.2) is 0 Å². The largest absolute Gasteiger partial charge is 0.383 e. The van der Waals surface area contributed by atoms with Crippen molar-refractivity contribution in [1.29, 1.82) is 0 Å². The van der Waals surface area contributed by atoms with Gasteiger partial charge in [-0.15, -0.1) is 0 Å². The average molecular weight is 347 g/mol. The first-order chi connectivity index (χ1) is 11.2. The van der Waals surface area contributed by atoms with E-state index in [0.29, 0.717) is 5.84 Å². The van der Waals surface area contributed by atoms with E-state index in [1.807, 2.05) is 87.7 Å². The molecule has 1 aromatic rings. The van der Waals surface area contributed by atoms with Crippen LogP contribution in [0.4, 0.5) is 11.4 Å². The number of nitrogens with zero attached hydrogens (tertiary/aromatic N) is 3. The predicted molar refractivity (Wildman–Crippen MR) is 113 cm³/mol. The molecular weight excluding hydrogens is 316 g/mol. The summed E-state index contributed by atoms with van der Waals surface area (Å²) in [5.74, 6) is 0.434. The minimum absolute atomic E-state index is 0.434. The Morgan fingerprint density at radius 2 is 1.79 bits per heavy atom. The lowest BCUT2D eigenvalue weighted by molar-refractivity contribution is 0.505. The van der Waals surface area contributed by atoms with Crippen LogP contribution in [0.1, 0.15) is 12.5 Å². The molecule has 4 nitrogen and oxygen atoms in total. The van der Waals surface area contributed by atoms with Gasteiger partial charge >= 0.3 is 0 Å². The molecule has 0 spiro atoms. The molecule has 0 bridgehead atoms. The van der Waals surface area contributed by atoms with Crippen molar-refractivity contribution >= 4 is 35.0 Å². The zero-order chi connectivity index (χ0) is 18.7. The van der Waals surface area contributed by atoms with E-state index in [-0.39, 0.29) is 0 Å². The quantitative estimate of drug-likeness (QED) is 0.615. The summed E-state index contributed by atoms with van der Waals surface area (Å²) >= 11 is 1.46. The molecule has 2 N–H and O–H groups in total. The topological polar surface area (TPSA) is 44.9 Å². The van der Waals surface area contributed by atoms with Gasteiger partial charge in [0.05, 0.1) is 5.69 Å². The normalized spacial score (nSPS) is 11.2. The zero-order valence-corrected chi connectivity index (χ0v) is 16.5. The van der Waals surface area contributed by atoms with Gasteiger partial charge in [-0.2, -0.15) is 0 Å². The fourth-order valence-electron chi connectivity index (χ4n) is 1.57. The molecule has 0 heterocycles. The zero-order valence-electron chi connectivity index (χ0n) is 15.7. The second-order valence-corrected chi connectivity index (χ2v) is 6.69. The smallest absolute Gasteiger partial charge is 0.137 e. The number of rotatable bonds is 6. The van der Waals surface area contributed by atoms with Gasteiger partial charge in [-0.05, 0) is 51.2 Å². The Morgan fingerprint density at radius 1 is 1.21 bits per heavy atom. The summed E-state index contributed by atoms with van der Waals surface area (Å²) in [6.07, 6.45) is 3.76. The molecule has 132 valence electrons. The van der Waals surface area contributed by atoms with Crippen LogP contribution in [0.2, 0.25) is 0 Å². The average Bonchev–Trinajstić information content (AvgIpc) is 2.51. The van der Waals surface area contributed by atoms with Crippen molar-refractivity contribution in [2.75, 3.05) is 40.1 Å². The summed E-state index contributed by atoms with van der Waals surface area (Å²) < 4.78 is 0. The second-order valence-electron chi connectivity index (χ2n) is 5.69. The van der Waals surface area contributed by atoms with Crippen molar-refractivity contribution < 1.29 is 0 Å². The van der Waals surface area contributed by atoms with Crippen LogP contribution in [-0.4, -0.2) is 46.0 Å². The molecule has 0 unspecified atom stereocenters. The monoisotopic (exact) mass is 346 g/mol. The third-order valence-corrected chi connectivity index (χ3v) is 3.50. The van der Waals surface area contributed by atoms with Gasteiger partial charge in [0.25, 0.3) is 0 Å². The Morgan fingerprint density at radius 3 is 2.25 bits per heavy atom. The van der Waals surface area contributed by atoms with E-state index in [0.717, 1.165) is 21.8 Å². The van der Waals surface area contributed by atoms with Crippen LogP contribution in [0.5, 0.6) is 0 Å². The maximum Gasteiger partial charge on any atom is 0.137 e. The van der Waals surface area contributed by atoms with Crippen LogP contribution in [-0.2, 0) is 0 Å². The lowest BCUT2D eigenvalue weighted by Crippen LogP contribution is -2.12. The highest BCUT2D eigenvalue weighted by Gasteiger charge is 2.05. The van der Waals surface area contributed by atoms with Crippen LogP contribution in [0.3, 0.4) is 0 Å². The first-order valence-corrected chi connectivity index (χ1v) is 8.46. The standard InChI is InChI=1S/C16H21N3S.C3H9N/c1-6-10-20-12(3)16(17)18-14-9-8-13(7-2)15(11-14)19(4)5;1-4(2)3/h6-11H,2-3H2,1,4-5H3,(H2,17,18);1-3H3/b10-6-;. The summed E-state index contributed by atoms with van der Waals surface area (Å²) in [5.41, 5.74) is 8.87. The van der Waals surface area contributed by atoms with Crippen molar-refractivity contribution in [3.63, 3.8) is 0 Å². The van der Waals surface area contributed by atoms with E-state index in [2.05, 4.69) is 18.2 Å². The number of hydrogen-bond acceptors (Lipinski definition) is 4. The van der Waals surface area contributed by atoms with Crippen molar-refractivity contribution in [1.82, 2.24) is 4.90 Å². The first kappa shape index (κ1) is 22.0. The van der Waals surface area contributed by atoms with E-state index >= 15 is 0 Å². The third-order valence-electron chi connectivity index (χ3n) is 2.60. The van der Waals surface area contributed by atoms with Gasteiger partial charge in [0, 0.05) is 24.7 Å². The molecule has 24 heavy (non-hydrogen) atoms. The Balaban J connectivity index is 0.00000118. The molecule has 0 aliphatic carbocycles. The van der Waals surface area contributed by atoms with Gasteiger partial charge in [-0.3, -0.25) is 0 Å². The Kier molecular flexibility index (Phi) is 10.6. The molecular formula is C19H30N4S. The minimum atomic E-state index is 0.434. The van der Waals surface area contributed by atoms with Gasteiger partial charge in [-0.25, -0.2) is 4.99 Å². The molecule has 0 fully saturated rings. The molecule has 1 rings (SSSR count). The molecule has 0 saturated carbocycles. The molecule has 0 aliphatic rings. The van der Waals surface area contributed by atoms with Crippen molar-refractivity contribution in [3.8, 4) is 0 Å². The summed E-state index contributed by atoms with van der Waals surface area (Å²) in [6.45, 7) is 9.67. The van der Waals surface area contributed by atoms with E-state index in [4.69, 9.17) is 5.73 Å². The van der Waals surface area contributed by atoms with Crippen LogP contribution in [0.25, 0.3) is 6.08 Å². The van der Waals surface area contributed by atoms with E-state index in [9.17, 15) is 0 Å². The number of aliphatic imine (C=N–C) groups is 1. The SMILES string of the molecule is C=Cc1ccc(N=C(N)C(=C)S/C=C\C)cc1N(C)C.CN(C)C. The maximum absolute atomic E-state index is 5.95.